The molecule has 0 aliphatic heterocycles. The molecule has 2 heterocycles. The standard InChI is InChI=1S/C16H14ClF7N6O2/c17-7-5-30(14(20)21)29-12(7)13(31)28-10-2-1-8(19)11(27-10)6(4-18)3-9(16(22,23)24)32-15(25)26/h1-2,5-6,9,14H,3-4H2,(H3,25,26)(H,27,28,31)/t6-,9-/m0/s1. The summed E-state index contributed by atoms with van der Waals surface area (Å²) in [6, 6.07) is 0.325. The van der Waals surface area contributed by atoms with Crippen molar-refractivity contribution < 1.29 is 40.3 Å². The number of nitrogens with two attached hydrogens (primary N) is 1. The van der Waals surface area contributed by atoms with Gasteiger partial charge in [0.15, 0.2) is 11.8 Å². The van der Waals surface area contributed by atoms with E-state index < -0.39 is 77.8 Å². The molecule has 4 N–H and O–H groups in total. The second-order valence-electron chi connectivity index (χ2n) is 6.20. The van der Waals surface area contributed by atoms with Gasteiger partial charge < -0.3 is 15.8 Å². The first kappa shape index (κ1) is 25.2. The Morgan fingerprint density at radius 2 is 2.00 bits per heavy atom. The molecule has 0 fully saturated rings. The summed E-state index contributed by atoms with van der Waals surface area (Å²) in [6.07, 6.45) is -8.28. The molecule has 2 aromatic rings. The molecule has 0 aliphatic rings. The van der Waals surface area contributed by atoms with Crippen LogP contribution in [-0.4, -0.2) is 45.6 Å². The van der Waals surface area contributed by atoms with E-state index in [2.05, 4.69) is 20.1 Å². The fourth-order valence-corrected chi connectivity index (χ4v) is 2.74. The lowest BCUT2D eigenvalue weighted by atomic mass is 9.97. The molecule has 0 radical (unpaired) electrons. The second kappa shape index (κ2) is 10.0. The van der Waals surface area contributed by atoms with Crippen molar-refractivity contribution in [1.29, 1.82) is 5.41 Å². The zero-order chi connectivity index (χ0) is 24.2. The molecule has 0 saturated carbocycles. The fraction of sp³-hybridized carbons (Fsp3) is 0.375. The van der Waals surface area contributed by atoms with Gasteiger partial charge in [-0.3, -0.25) is 14.6 Å². The minimum absolute atomic E-state index is 0.103. The summed E-state index contributed by atoms with van der Waals surface area (Å²) in [5.74, 6) is -4.55. The molecule has 1 amide bonds. The number of ether oxygens (including phenoxy) is 1. The highest BCUT2D eigenvalue weighted by atomic mass is 35.5. The maximum atomic E-state index is 14.2. The van der Waals surface area contributed by atoms with Crippen molar-refractivity contribution in [2.24, 2.45) is 5.73 Å². The Balaban J connectivity index is 2.28. The van der Waals surface area contributed by atoms with Gasteiger partial charge in [-0.05, 0) is 12.1 Å². The molecule has 32 heavy (non-hydrogen) atoms. The van der Waals surface area contributed by atoms with Crippen molar-refractivity contribution in [1.82, 2.24) is 14.8 Å². The Bertz CT molecular complexity index is 984. The van der Waals surface area contributed by atoms with Gasteiger partial charge in [0.1, 0.15) is 11.6 Å². The number of hydrogen-bond donors (Lipinski definition) is 3. The average Bonchev–Trinajstić information content (AvgIpc) is 3.08. The minimum Gasteiger partial charge on any atom is -0.453 e. The minimum atomic E-state index is -5.05. The smallest absolute Gasteiger partial charge is 0.425 e. The maximum absolute atomic E-state index is 14.2. The highest BCUT2D eigenvalue weighted by Crippen LogP contribution is 2.33. The highest BCUT2D eigenvalue weighted by Gasteiger charge is 2.44. The van der Waals surface area contributed by atoms with E-state index in [9.17, 15) is 35.5 Å². The van der Waals surface area contributed by atoms with E-state index in [-0.39, 0.29) is 4.68 Å². The summed E-state index contributed by atoms with van der Waals surface area (Å²) >= 11 is 5.67. The zero-order valence-electron chi connectivity index (χ0n) is 15.6. The number of aromatic nitrogens is 3. The summed E-state index contributed by atoms with van der Waals surface area (Å²) in [6.45, 7) is -4.59. The Morgan fingerprint density at radius 3 is 2.50 bits per heavy atom. The third kappa shape index (κ3) is 6.21. The van der Waals surface area contributed by atoms with Crippen LogP contribution >= 0.6 is 11.6 Å². The lowest BCUT2D eigenvalue weighted by molar-refractivity contribution is -0.202. The SMILES string of the molecule is N=C(N)O[C@@H](C[C@@H](CF)c1nc(NC(=O)c2nn(C(F)F)cc2Cl)ccc1F)C(F)(F)F. The Hall–Kier alpha value is -3.10. The number of alkyl halides is 6. The van der Waals surface area contributed by atoms with Gasteiger partial charge in [0.05, 0.1) is 23.6 Å². The van der Waals surface area contributed by atoms with Crippen LogP contribution in [0.4, 0.5) is 36.6 Å². The quantitative estimate of drug-likeness (QED) is 0.293. The van der Waals surface area contributed by atoms with Crippen molar-refractivity contribution in [3.8, 4) is 0 Å². The van der Waals surface area contributed by atoms with Gasteiger partial charge in [0.25, 0.3) is 11.9 Å². The number of halogens is 8. The number of pyridine rings is 1. The summed E-state index contributed by atoms with van der Waals surface area (Å²) in [4.78, 5) is 15.8. The molecule has 0 bridgehead atoms. The van der Waals surface area contributed by atoms with E-state index in [4.69, 9.17) is 22.7 Å². The number of carbonyl (C=O) groups excluding carboxylic acids is 1. The van der Waals surface area contributed by atoms with Crippen LogP contribution in [0.25, 0.3) is 0 Å². The molecule has 176 valence electrons. The molecule has 2 rings (SSSR count). The molecule has 0 unspecified atom stereocenters. The summed E-state index contributed by atoms with van der Waals surface area (Å²) in [5.41, 5.74) is 3.39. The van der Waals surface area contributed by atoms with E-state index in [0.717, 1.165) is 6.07 Å². The summed E-state index contributed by atoms with van der Waals surface area (Å²) in [5, 5.41) is 11.7. The number of nitrogens with zero attached hydrogens (tertiary/aromatic N) is 3. The number of nitrogens with one attached hydrogen (secondary N) is 2. The van der Waals surface area contributed by atoms with E-state index >= 15 is 0 Å². The maximum Gasteiger partial charge on any atom is 0.425 e. The normalized spacial score (nSPS) is 13.7. The van der Waals surface area contributed by atoms with Crippen LogP contribution in [0.15, 0.2) is 18.3 Å². The van der Waals surface area contributed by atoms with E-state index in [0.29, 0.717) is 12.3 Å². The van der Waals surface area contributed by atoms with E-state index in [1.54, 1.807) is 0 Å². The lowest BCUT2D eigenvalue weighted by Gasteiger charge is -2.24. The number of amides is 1. The predicted octanol–water partition coefficient (Wildman–Crippen LogP) is 4.00. The van der Waals surface area contributed by atoms with Crippen LogP contribution in [0, 0.1) is 11.2 Å². The number of rotatable bonds is 8. The largest absolute Gasteiger partial charge is 0.453 e. The first-order valence-corrected chi connectivity index (χ1v) is 8.85. The van der Waals surface area contributed by atoms with E-state index in [1.165, 1.54) is 0 Å². The third-order valence-electron chi connectivity index (χ3n) is 3.92. The number of hydrogen-bond acceptors (Lipinski definition) is 5. The van der Waals surface area contributed by atoms with Crippen molar-refractivity contribution in [2.45, 2.75) is 31.2 Å². The number of anilines is 1. The van der Waals surface area contributed by atoms with Crippen LogP contribution in [0.5, 0.6) is 0 Å². The second-order valence-corrected chi connectivity index (χ2v) is 6.61. The zero-order valence-corrected chi connectivity index (χ0v) is 16.4. The van der Waals surface area contributed by atoms with Crippen LogP contribution < -0.4 is 11.1 Å². The van der Waals surface area contributed by atoms with Crippen LogP contribution in [0.3, 0.4) is 0 Å². The van der Waals surface area contributed by atoms with Crippen LogP contribution in [0.2, 0.25) is 5.02 Å². The van der Waals surface area contributed by atoms with Crippen molar-refractivity contribution in [3.63, 3.8) is 0 Å². The Labute approximate surface area is 180 Å². The third-order valence-corrected chi connectivity index (χ3v) is 4.20. The fourth-order valence-electron chi connectivity index (χ4n) is 2.52. The molecule has 2 aromatic heterocycles. The molecule has 2 atom stereocenters. The summed E-state index contributed by atoms with van der Waals surface area (Å²) in [7, 11) is 0. The van der Waals surface area contributed by atoms with E-state index in [1.807, 2.05) is 0 Å². The monoisotopic (exact) mass is 490 g/mol. The van der Waals surface area contributed by atoms with Gasteiger partial charge in [0, 0.05) is 12.3 Å². The number of amidine groups is 1. The average molecular weight is 491 g/mol. The van der Waals surface area contributed by atoms with Crippen molar-refractivity contribution in [3.05, 3.63) is 40.6 Å². The van der Waals surface area contributed by atoms with Gasteiger partial charge in [-0.25, -0.2) is 14.1 Å². The first-order valence-electron chi connectivity index (χ1n) is 8.47. The molecular weight excluding hydrogens is 477 g/mol. The van der Waals surface area contributed by atoms with Gasteiger partial charge in [-0.1, -0.05) is 11.6 Å². The van der Waals surface area contributed by atoms with Crippen LogP contribution in [0.1, 0.15) is 35.1 Å². The van der Waals surface area contributed by atoms with Gasteiger partial charge in [0.2, 0.25) is 0 Å². The van der Waals surface area contributed by atoms with Gasteiger partial charge >= 0.3 is 12.7 Å². The molecule has 8 nitrogen and oxygen atoms in total. The number of carbonyl (C=O) groups is 1. The molecular formula is C16H14ClF7N6O2. The van der Waals surface area contributed by atoms with Crippen molar-refractivity contribution in [2.75, 3.05) is 12.0 Å². The predicted molar refractivity (Wildman–Crippen MR) is 96.8 cm³/mol. The molecule has 16 heteroatoms. The lowest BCUT2D eigenvalue weighted by Crippen LogP contribution is -2.37. The summed E-state index contributed by atoms with van der Waals surface area (Å²) < 4.78 is 96.5. The van der Waals surface area contributed by atoms with Gasteiger partial charge in [-0.15, -0.1) is 0 Å². The topological polar surface area (TPSA) is 119 Å². The highest BCUT2D eigenvalue weighted by molar-refractivity contribution is 6.34. The molecule has 0 aromatic carbocycles. The first-order chi connectivity index (χ1) is 14.8. The molecule has 0 aliphatic carbocycles. The van der Waals surface area contributed by atoms with Crippen molar-refractivity contribution >= 4 is 29.3 Å². The molecule has 0 spiro atoms. The van der Waals surface area contributed by atoms with Gasteiger partial charge in [-0.2, -0.15) is 27.1 Å². The molecule has 0 saturated heterocycles. The Morgan fingerprint density at radius 1 is 1.34 bits per heavy atom. The van der Waals surface area contributed by atoms with Crippen LogP contribution in [-0.2, 0) is 4.74 Å². The Kier molecular flexibility index (Phi) is 7.87.